The van der Waals surface area contributed by atoms with Gasteiger partial charge in [-0.15, -0.1) is 0 Å². The van der Waals surface area contributed by atoms with Gasteiger partial charge in [0.25, 0.3) is 0 Å². The van der Waals surface area contributed by atoms with Gasteiger partial charge in [0.05, 0.1) is 24.2 Å². The summed E-state index contributed by atoms with van der Waals surface area (Å²) < 4.78 is 40.8. The number of alkyl halides is 3. The van der Waals surface area contributed by atoms with Gasteiger partial charge in [-0.05, 0) is 35.7 Å². The number of amides is 2. The van der Waals surface area contributed by atoms with E-state index in [9.17, 15) is 22.8 Å². The van der Waals surface area contributed by atoms with Gasteiger partial charge < -0.3 is 4.90 Å². The number of anilines is 1. The molecular weight excluding hydrogens is 505 g/mol. The number of carbonyl (C=O) groups excluding carboxylic acids is 2. The number of benzene rings is 3. The Morgan fingerprint density at radius 1 is 0.923 bits per heavy atom. The largest absolute Gasteiger partial charge is 0.416 e. The van der Waals surface area contributed by atoms with Crippen molar-refractivity contribution in [1.29, 1.82) is 0 Å². The zero-order chi connectivity index (χ0) is 28.0. The van der Waals surface area contributed by atoms with E-state index in [0.717, 1.165) is 23.3 Å². The van der Waals surface area contributed by atoms with Crippen LogP contribution in [0.15, 0.2) is 91.1 Å². The van der Waals surface area contributed by atoms with Crippen LogP contribution in [0.5, 0.6) is 0 Å². The third kappa shape index (κ3) is 7.34. The third-order valence-corrected chi connectivity index (χ3v) is 5.97. The monoisotopic (exact) mass is 534 g/mol. The number of halogens is 3. The van der Waals surface area contributed by atoms with Gasteiger partial charge in [0.15, 0.2) is 0 Å². The average molecular weight is 535 g/mol. The van der Waals surface area contributed by atoms with Crippen molar-refractivity contribution in [3.8, 4) is 16.9 Å². The first-order valence-electron chi connectivity index (χ1n) is 12.5. The molecule has 0 unspecified atom stereocenters. The number of imidazole rings is 1. The molecule has 0 aliphatic rings. The van der Waals surface area contributed by atoms with E-state index in [0.29, 0.717) is 17.9 Å². The summed E-state index contributed by atoms with van der Waals surface area (Å²) in [6.45, 7) is 4.13. The lowest BCUT2D eigenvalue weighted by Gasteiger charge is -2.24. The normalized spacial score (nSPS) is 11.4. The number of nitrogens with zero attached hydrogens (tertiary/aromatic N) is 3. The van der Waals surface area contributed by atoms with Gasteiger partial charge >= 0.3 is 6.18 Å². The Morgan fingerprint density at radius 3 is 2.13 bits per heavy atom. The molecule has 6 nitrogen and oxygen atoms in total. The molecule has 202 valence electrons. The molecule has 0 bridgehead atoms. The maximum Gasteiger partial charge on any atom is 0.416 e. The van der Waals surface area contributed by atoms with E-state index in [4.69, 9.17) is 0 Å². The second-order valence-corrected chi connectivity index (χ2v) is 9.61. The summed E-state index contributed by atoms with van der Waals surface area (Å²) in [5.74, 6) is -0.369. The van der Waals surface area contributed by atoms with Crippen molar-refractivity contribution in [3.63, 3.8) is 0 Å². The van der Waals surface area contributed by atoms with E-state index in [1.807, 2.05) is 74.5 Å². The summed E-state index contributed by atoms with van der Waals surface area (Å²) in [5.41, 5.74) is 1.78. The molecule has 0 fully saturated rings. The maximum absolute atomic E-state index is 13.2. The van der Waals surface area contributed by atoms with E-state index < -0.39 is 17.6 Å². The van der Waals surface area contributed by atoms with E-state index >= 15 is 0 Å². The van der Waals surface area contributed by atoms with Crippen molar-refractivity contribution in [2.75, 3.05) is 18.4 Å². The fraction of sp³-hybridized carbons (Fsp3) is 0.233. The molecule has 0 atom stereocenters. The van der Waals surface area contributed by atoms with Crippen LogP contribution in [0.2, 0.25) is 0 Å². The number of hydrogen-bond donors (Lipinski definition) is 1. The highest BCUT2D eigenvalue weighted by atomic mass is 19.4. The Kier molecular flexibility index (Phi) is 8.49. The lowest BCUT2D eigenvalue weighted by molar-refractivity contribution is -0.137. The van der Waals surface area contributed by atoms with Gasteiger partial charge in [0, 0.05) is 24.0 Å². The molecule has 0 spiro atoms. The van der Waals surface area contributed by atoms with Gasteiger partial charge in [-0.2, -0.15) is 13.2 Å². The first-order chi connectivity index (χ1) is 18.6. The summed E-state index contributed by atoms with van der Waals surface area (Å²) >= 11 is 0. The molecule has 4 aromatic rings. The number of hydrogen-bond acceptors (Lipinski definition) is 3. The van der Waals surface area contributed by atoms with Gasteiger partial charge in [0.1, 0.15) is 0 Å². The predicted octanol–water partition coefficient (Wildman–Crippen LogP) is 6.22. The van der Waals surface area contributed by atoms with Crippen molar-refractivity contribution in [3.05, 3.63) is 102 Å². The number of aromatic nitrogens is 2. The summed E-state index contributed by atoms with van der Waals surface area (Å²) in [4.78, 5) is 32.3. The van der Waals surface area contributed by atoms with E-state index in [-0.39, 0.29) is 30.7 Å². The molecule has 1 heterocycles. The molecule has 0 aliphatic carbocycles. The number of nitrogens with one attached hydrogen (secondary N) is 1. The zero-order valence-corrected chi connectivity index (χ0v) is 21.7. The van der Waals surface area contributed by atoms with Crippen molar-refractivity contribution in [2.24, 2.45) is 5.92 Å². The van der Waals surface area contributed by atoms with Gasteiger partial charge in [0.2, 0.25) is 17.8 Å². The SMILES string of the molecule is CC(C)CN(CC(=O)Nc1nc(-c2ccccc2)cn1-c1ccc(C(F)(F)F)cc1)C(=O)Cc1ccccc1. The molecule has 9 heteroatoms. The Hall–Kier alpha value is -4.40. The van der Waals surface area contributed by atoms with E-state index in [1.165, 1.54) is 21.6 Å². The van der Waals surface area contributed by atoms with Crippen LogP contribution in [0.4, 0.5) is 19.1 Å². The molecule has 2 amide bonds. The Labute approximate surface area is 225 Å². The molecule has 1 aromatic heterocycles. The molecule has 0 saturated carbocycles. The van der Waals surface area contributed by atoms with Crippen LogP contribution in [0.25, 0.3) is 16.9 Å². The molecule has 39 heavy (non-hydrogen) atoms. The second-order valence-electron chi connectivity index (χ2n) is 9.61. The molecule has 1 N–H and O–H groups in total. The summed E-state index contributed by atoms with van der Waals surface area (Å²) in [6, 6.07) is 23.1. The molecule has 4 rings (SSSR count). The maximum atomic E-state index is 13.2. The van der Waals surface area contributed by atoms with Crippen LogP contribution < -0.4 is 5.32 Å². The Balaban J connectivity index is 1.59. The first-order valence-corrected chi connectivity index (χ1v) is 12.5. The Bertz CT molecular complexity index is 1400. The van der Waals surface area contributed by atoms with Crippen LogP contribution in [0.1, 0.15) is 25.0 Å². The second kappa shape index (κ2) is 12.0. The minimum absolute atomic E-state index is 0.136. The van der Waals surface area contributed by atoms with Crippen LogP contribution in [-0.2, 0) is 22.2 Å². The van der Waals surface area contributed by atoms with E-state index in [1.54, 1.807) is 6.20 Å². The summed E-state index contributed by atoms with van der Waals surface area (Å²) in [7, 11) is 0. The highest BCUT2D eigenvalue weighted by Gasteiger charge is 2.30. The van der Waals surface area contributed by atoms with Crippen molar-refractivity contribution >= 4 is 17.8 Å². The topological polar surface area (TPSA) is 67.2 Å². The van der Waals surface area contributed by atoms with Crippen LogP contribution in [0.3, 0.4) is 0 Å². The average Bonchev–Trinajstić information content (AvgIpc) is 3.32. The molecule has 3 aromatic carbocycles. The lowest BCUT2D eigenvalue weighted by Crippen LogP contribution is -2.41. The predicted molar refractivity (Wildman–Crippen MR) is 144 cm³/mol. The zero-order valence-electron chi connectivity index (χ0n) is 21.7. The lowest BCUT2D eigenvalue weighted by atomic mass is 10.1. The smallest absolute Gasteiger partial charge is 0.333 e. The number of carbonyl (C=O) groups is 2. The van der Waals surface area contributed by atoms with Gasteiger partial charge in [-0.1, -0.05) is 74.5 Å². The van der Waals surface area contributed by atoms with Crippen molar-refractivity contribution < 1.29 is 22.8 Å². The van der Waals surface area contributed by atoms with Crippen molar-refractivity contribution in [2.45, 2.75) is 26.4 Å². The first kappa shape index (κ1) is 27.6. The highest BCUT2D eigenvalue weighted by molar-refractivity contribution is 5.94. The van der Waals surface area contributed by atoms with Crippen LogP contribution in [-0.4, -0.2) is 39.4 Å². The van der Waals surface area contributed by atoms with Crippen LogP contribution in [0, 0.1) is 5.92 Å². The van der Waals surface area contributed by atoms with Gasteiger partial charge in [-0.25, -0.2) is 4.98 Å². The molecule has 0 aliphatic heterocycles. The summed E-state index contributed by atoms with van der Waals surface area (Å²) in [5, 5.41) is 2.76. The van der Waals surface area contributed by atoms with Crippen LogP contribution >= 0.6 is 0 Å². The minimum Gasteiger partial charge on any atom is -0.333 e. The molecule has 0 saturated heterocycles. The van der Waals surface area contributed by atoms with Crippen molar-refractivity contribution in [1.82, 2.24) is 14.5 Å². The fourth-order valence-electron chi connectivity index (χ4n) is 4.14. The molecular formula is C30H29F3N4O2. The minimum atomic E-state index is -4.47. The number of rotatable bonds is 9. The highest BCUT2D eigenvalue weighted by Crippen LogP contribution is 2.31. The quantitative estimate of drug-likeness (QED) is 0.277. The molecule has 0 radical (unpaired) electrons. The van der Waals surface area contributed by atoms with Gasteiger partial charge in [-0.3, -0.25) is 19.5 Å². The third-order valence-electron chi connectivity index (χ3n) is 5.97. The Morgan fingerprint density at radius 2 is 1.54 bits per heavy atom. The standard InChI is InChI=1S/C30H29F3N4O2/c1-21(2)18-36(28(39)17-22-9-5-3-6-10-22)20-27(38)35-29-34-26(23-11-7-4-8-12-23)19-37(29)25-15-13-24(14-16-25)30(31,32)33/h3-16,19,21H,17-18,20H2,1-2H3,(H,34,35,38). The fourth-order valence-corrected chi connectivity index (χ4v) is 4.14. The summed E-state index contributed by atoms with van der Waals surface area (Å²) in [6.07, 6.45) is -2.65. The van der Waals surface area contributed by atoms with E-state index in [2.05, 4.69) is 10.3 Å².